The van der Waals surface area contributed by atoms with Gasteiger partial charge in [0.25, 0.3) is 0 Å². The number of pyridine rings is 1. The standard InChI is InChI=1S/C16H16Cl2N2O2/c1-11(12-4-3-7-19-9-12)16(20-22-10-21-2)14-6-5-13(17)8-15(14)18/h3-9,20H,10H2,1-2H3. The van der Waals surface area contributed by atoms with Crippen molar-refractivity contribution in [2.24, 2.45) is 0 Å². The van der Waals surface area contributed by atoms with Crippen LogP contribution < -0.4 is 5.48 Å². The van der Waals surface area contributed by atoms with Gasteiger partial charge in [-0.15, -0.1) is 0 Å². The van der Waals surface area contributed by atoms with Gasteiger partial charge in [0.1, 0.15) is 0 Å². The van der Waals surface area contributed by atoms with Crippen LogP contribution in [0.2, 0.25) is 10.0 Å². The quantitative estimate of drug-likeness (QED) is 0.481. The van der Waals surface area contributed by atoms with Crippen LogP contribution in [0.25, 0.3) is 11.3 Å². The molecule has 0 unspecified atom stereocenters. The fraction of sp³-hybridized carbons (Fsp3) is 0.188. The summed E-state index contributed by atoms with van der Waals surface area (Å²) in [7, 11) is 1.55. The fourth-order valence-electron chi connectivity index (χ4n) is 1.92. The summed E-state index contributed by atoms with van der Waals surface area (Å²) in [4.78, 5) is 9.42. The molecule has 0 spiro atoms. The average molecular weight is 339 g/mol. The number of nitrogens with one attached hydrogen (secondary N) is 1. The lowest BCUT2D eigenvalue weighted by Crippen LogP contribution is -2.16. The minimum atomic E-state index is 0.106. The molecule has 0 aliphatic heterocycles. The second-order valence-electron chi connectivity index (χ2n) is 4.52. The summed E-state index contributed by atoms with van der Waals surface area (Å²) in [6.07, 6.45) is 3.50. The van der Waals surface area contributed by atoms with Crippen LogP contribution in [0.3, 0.4) is 0 Å². The molecular weight excluding hydrogens is 323 g/mol. The molecule has 1 aromatic carbocycles. The molecule has 0 aliphatic carbocycles. The van der Waals surface area contributed by atoms with Gasteiger partial charge in [0.15, 0.2) is 6.79 Å². The summed E-state index contributed by atoms with van der Waals surface area (Å²) >= 11 is 12.3. The van der Waals surface area contributed by atoms with Crippen LogP contribution in [0, 0.1) is 0 Å². The maximum absolute atomic E-state index is 6.31. The zero-order valence-corrected chi connectivity index (χ0v) is 13.8. The Morgan fingerprint density at radius 2 is 2.09 bits per heavy atom. The summed E-state index contributed by atoms with van der Waals surface area (Å²) in [6, 6.07) is 9.13. The fourth-order valence-corrected chi connectivity index (χ4v) is 2.42. The first-order chi connectivity index (χ1) is 10.6. The van der Waals surface area contributed by atoms with Crippen LogP contribution in [0.1, 0.15) is 18.1 Å². The lowest BCUT2D eigenvalue weighted by atomic mass is 10.0. The summed E-state index contributed by atoms with van der Waals surface area (Å²) < 4.78 is 4.89. The lowest BCUT2D eigenvalue weighted by Gasteiger charge is -2.16. The topological polar surface area (TPSA) is 43.4 Å². The Balaban J connectivity index is 2.46. The van der Waals surface area contributed by atoms with Crippen LogP contribution in [0.15, 0.2) is 42.7 Å². The summed E-state index contributed by atoms with van der Waals surface area (Å²) in [5.41, 5.74) is 6.30. The molecule has 0 amide bonds. The Morgan fingerprint density at radius 1 is 1.27 bits per heavy atom. The van der Waals surface area contributed by atoms with Crippen molar-refractivity contribution >= 4 is 34.5 Å². The minimum Gasteiger partial charge on any atom is -0.356 e. The third-order valence-corrected chi connectivity index (χ3v) is 3.57. The number of nitrogens with zero attached hydrogens (tertiary/aromatic N) is 1. The Labute approximate surface area is 139 Å². The van der Waals surface area contributed by atoms with Crippen molar-refractivity contribution in [2.45, 2.75) is 6.92 Å². The zero-order valence-electron chi connectivity index (χ0n) is 12.3. The van der Waals surface area contributed by atoms with Crippen molar-refractivity contribution in [3.8, 4) is 0 Å². The van der Waals surface area contributed by atoms with Crippen molar-refractivity contribution < 1.29 is 9.57 Å². The first-order valence-electron chi connectivity index (χ1n) is 6.57. The van der Waals surface area contributed by atoms with E-state index in [9.17, 15) is 0 Å². The Bertz CT molecular complexity index is 660. The lowest BCUT2D eigenvalue weighted by molar-refractivity contribution is -0.0623. The number of rotatable bonds is 6. The van der Waals surface area contributed by atoms with Gasteiger partial charge in [-0.2, -0.15) is 0 Å². The van der Waals surface area contributed by atoms with E-state index in [1.807, 2.05) is 25.1 Å². The van der Waals surface area contributed by atoms with Crippen LogP contribution in [0.5, 0.6) is 0 Å². The minimum absolute atomic E-state index is 0.106. The van der Waals surface area contributed by atoms with E-state index in [1.54, 1.807) is 31.6 Å². The van der Waals surface area contributed by atoms with Crippen molar-refractivity contribution in [2.75, 3.05) is 13.9 Å². The van der Waals surface area contributed by atoms with Gasteiger partial charge in [-0.1, -0.05) is 29.3 Å². The number of aromatic nitrogens is 1. The number of ether oxygens (including phenoxy) is 1. The number of allylic oxidation sites excluding steroid dienone is 1. The van der Waals surface area contributed by atoms with Gasteiger partial charge in [-0.05, 0) is 42.3 Å². The Hall–Kier alpha value is -1.59. The van der Waals surface area contributed by atoms with E-state index in [4.69, 9.17) is 32.8 Å². The van der Waals surface area contributed by atoms with Crippen molar-refractivity contribution in [3.05, 3.63) is 63.9 Å². The van der Waals surface area contributed by atoms with Gasteiger partial charge in [-0.25, -0.2) is 4.84 Å². The van der Waals surface area contributed by atoms with Gasteiger partial charge < -0.3 is 4.74 Å². The SMILES string of the molecule is COCONC(=C(C)c1cccnc1)c1ccc(Cl)cc1Cl. The van der Waals surface area contributed by atoms with Gasteiger partial charge in [0, 0.05) is 30.1 Å². The summed E-state index contributed by atoms with van der Waals surface area (Å²) in [5.74, 6) is 0. The Kier molecular flexibility index (Phi) is 6.21. The van der Waals surface area contributed by atoms with Gasteiger partial charge >= 0.3 is 0 Å². The van der Waals surface area contributed by atoms with E-state index >= 15 is 0 Å². The third-order valence-electron chi connectivity index (χ3n) is 3.02. The number of methoxy groups -OCH3 is 1. The van der Waals surface area contributed by atoms with Crippen molar-refractivity contribution in [3.63, 3.8) is 0 Å². The number of halogens is 2. The molecule has 6 heteroatoms. The molecular formula is C16H16Cl2N2O2. The molecule has 0 bridgehead atoms. The molecule has 4 nitrogen and oxygen atoms in total. The molecule has 0 aliphatic rings. The molecule has 0 atom stereocenters. The predicted octanol–water partition coefficient (Wildman–Crippen LogP) is 4.40. The van der Waals surface area contributed by atoms with Gasteiger partial charge in [-0.3, -0.25) is 10.5 Å². The molecule has 2 aromatic rings. The highest BCUT2D eigenvalue weighted by Crippen LogP contribution is 2.30. The highest BCUT2D eigenvalue weighted by Gasteiger charge is 2.12. The number of hydroxylamine groups is 1. The van der Waals surface area contributed by atoms with Gasteiger partial charge in [0.2, 0.25) is 0 Å². The molecule has 1 heterocycles. The van der Waals surface area contributed by atoms with E-state index in [0.717, 1.165) is 22.4 Å². The van der Waals surface area contributed by atoms with E-state index < -0.39 is 0 Å². The first-order valence-corrected chi connectivity index (χ1v) is 7.32. The molecule has 0 saturated heterocycles. The maximum Gasteiger partial charge on any atom is 0.172 e. The summed E-state index contributed by atoms with van der Waals surface area (Å²) in [6.45, 7) is 2.06. The maximum atomic E-state index is 6.31. The molecule has 1 N–H and O–H groups in total. The molecule has 0 radical (unpaired) electrons. The van der Waals surface area contributed by atoms with E-state index in [2.05, 4.69) is 10.5 Å². The van der Waals surface area contributed by atoms with Crippen LogP contribution in [-0.4, -0.2) is 18.9 Å². The van der Waals surface area contributed by atoms with E-state index in [0.29, 0.717) is 10.0 Å². The zero-order chi connectivity index (χ0) is 15.9. The monoisotopic (exact) mass is 338 g/mol. The average Bonchev–Trinajstić information content (AvgIpc) is 2.53. The summed E-state index contributed by atoms with van der Waals surface area (Å²) in [5, 5.41) is 1.10. The van der Waals surface area contributed by atoms with Crippen LogP contribution >= 0.6 is 23.2 Å². The van der Waals surface area contributed by atoms with Gasteiger partial charge in [0.05, 0.1) is 10.7 Å². The predicted molar refractivity (Wildman–Crippen MR) is 89.3 cm³/mol. The second-order valence-corrected chi connectivity index (χ2v) is 5.36. The highest BCUT2D eigenvalue weighted by molar-refractivity contribution is 6.35. The highest BCUT2D eigenvalue weighted by atomic mass is 35.5. The van der Waals surface area contributed by atoms with Crippen molar-refractivity contribution in [1.82, 2.24) is 10.5 Å². The second kappa shape index (κ2) is 8.15. The largest absolute Gasteiger partial charge is 0.356 e. The molecule has 0 fully saturated rings. The van der Waals surface area contributed by atoms with Crippen molar-refractivity contribution in [1.29, 1.82) is 0 Å². The Morgan fingerprint density at radius 3 is 2.73 bits per heavy atom. The number of hydrogen-bond acceptors (Lipinski definition) is 4. The molecule has 1 aromatic heterocycles. The van der Waals surface area contributed by atoms with E-state index in [1.165, 1.54) is 0 Å². The molecule has 22 heavy (non-hydrogen) atoms. The van der Waals surface area contributed by atoms with Crippen LogP contribution in [0.4, 0.5) is 0 Å². The molecule has 2 rings (SSSR count). The van der Waals surface area contributed by atoms with Crippen LogP contribution in [-0.2, 0) is 9.57 Å². The molecule has 0 saturated carbocycles. The first kappa shape index (κ1) is 16.8. The number of hydrogen-bond donors (Lipinski definition) is 1. The normalized spacial score (nSPS) is 12.0. The van der Waals surface area contributed by atoms with E-state index in [-0.39, 0.29) is 6.79 Å². The number of benzene rings is 1. The molecule has 116 valence electrons. The third kappa shape index (κ3) is 4.21. The smallest absolute Gasteiger partial charge is 0.172 e.